The number of sulfonamides is 1. The van der Waals surface area contributed by atoms with Crippen LogP contribution in [0.5, 0.6) is 0 Å². The summed E-state index contributed by atoms with van der Waals surface area (Å²) in [6, 6.07) is 3.02. The lowest BCUT2D eigenvalue weighted by Crippen LogP contribution is -2.49. The first-order valence-corrected chi connectivity index (χ1v) is 10.3. The van der Waals surface area contributed by atoms with Gasteiger partial charge in [-0.05, 0) is 44.0 Å². The molecule has 0 bridgehead atoms. The van der Waals surface area contributed by atoms with E-state index in [0.717, 1.165) is 24.6 Å². The molecule has 3 N–H and O–H groups in total. The van der Waals surface area contributed by atoms with E-state index < -0.39 is 50.3 Å². The number of rotatable bonds is 7. The highest BCUT2D eigenvalue weighted by Crippen LogP contribution is 2.24. The van der Waals surface area contributed by atoms with E-state index in [2.05, 4.69) is 5.32 Å². The Labute approximate surface area is 163 Å². The zero-order chi connectivity index (χ0) is 20.9. The molecule has 10 heteroatoms. The quantitative estimate of drug-likeness (QED) is 0.667. The Morgan fingerprint density at radius 3 is 2.79 bits per heavy atom. The molecule has 8 nitrogen and oxygen atoms in total. The number of hydrogen-bond acceptors (Lipinski definition) is 6. The smallest absolute Gasteiger partial charge is 0.267 e. The van der Waals surface area contributed by atoms with Crippen molar-refractivity contribution in [3.63, 3.8) is 0 Å². The molecule has 1 heterocycles. The van der Waals surface area contributed by atoms with E-state index >= 15 is 0 Å². The van der Waals surface area contributed by atoms with Gasteiger partial charge in [-0.2, -0.15) is 0 Å². The van der Waals surface area contributed by atoms with Crippen LogP contribution in [0, 0.1) is 18.2 Å². The molecule has 2 atom stereocenters. The molecular formula is C18H23FN3O5S. The van der Waals surface area contributed by atoms with Gasteiger partial charge >= 0.3 is 0 Å². The molecule has 1 aromatic rings. The Hall–Kier alpha value is -2.33. The Balaban J connectivity index is 2.41. The third kappa shape index (κ3) is 5.14. The number of hydrogen-bond donors (Lipinski definition) is 2. The molecule has 1 unspecified atom stereocenters. The number of benzene rings is 1. The van der Waals surface area contributed by atoms with Crippen molar-refractivity contribution < 1.29 is 27.2 Å². The maximum absolute atomic E-state index is 13.6. The van der Waals surface area contributed by atoms with Crippen molar-refractivity contribution in [3.05, 3.63) is 36.5 Å². The molecule has 28 heavy (non-hydrogen) atoms. The van der Waals surface area contributed by atoms with E-state index in [1.165, 1.54) is 13.0 Å². The lowest BCUT2D eigenvalue weighted by Gasteiger charge is -2.29. The van der Waals surface area contributed by atoms with Gasteiger partial charge in [0.15, 0.2) is 5.78 Å². The fraction of sp³-hybridized carbons (Fsp3) is 0.444. The van der Waals surface area contributed by atoms with Gasteiger partial charge in [-0.3, -0.25) is 14.4 Å². The van der Waals surface area contributed by atoms with Crippen LogP contribution in [0.25, 0.3) is 0 Å². The summed E-state index contributed by atoms with van der Waals surface area (Å²) in [4.78, 5) is 36.0. The fourth-order valence-electron chi connectivity index (χ4n) is 2.82. The molecular weight excluding hydrogens is 389 g/mol. The SMILES string of the molecule is CC(C[CH]C(=O)N([C@H]1CCCNCC1=O)S(=O)(=O)c1cccc(F)c1)C(N)=O. The maximum Gasteiger partial charge on any atom is 0.267 e. The van der Waals surface area contributed by atoms with Crippen molar-refractivity contribution in [2.45, 2.75) is 37.1 Å². The number of carbonyl (C=O) groups excluding carboxylic acids is 3. The lowest BCUT2D eigenvalue weighted by atomic mass is 10.0. The van der Waals surface area contributed by atoms with Gasteiger partial charge in [0.05, 0.1) is 17.9 Å². The third-order valence-electron chi connectivity index (χ3n) is 4.49. The highest BCUT2D eigenvalue weighted by molar-refractivity contribution is 7.89. The van der Waals surface area contributed by atoms with Gasteiger partial charge in [-0.1, -0.05) is 13.0 Å². The summed E-state index contributed by atoms with van der Waals surface area (Å²) in [7, 11) is -4.49. The average molecular weight is 412 g/mol. The monoisotopic (exact) mass is 412 g/mol. The molecule has 1 aliphatic heterocycles. The normalized spacial score (nSPS) is 18.9. The van der Waals surface area contributed by atoms with Gasteiger partial charge in [0.1, 0.15) is 11.9 Å². The Morgan fingerprint density at radius 2 is 2.14 bits per heavy atom. The molecule has 1 fully saturated rings. The number of nitrogens with one attached hydrogen (secondary N) is 1. The maximum atomic E-state index is 13.6. The summed E-state index contributed by atoms with van der Waals surface area (Å²) in [5.41, 5.74) is 5.17. The Kier molecular flexibility index (Phi) is 7.25. The number of primary amides is 1. The molecule has 2 rings (SSSR count). The van der Waals surface area contributed by atoms with Crippen molar-refractivity contribution in [2.75, 3.05) is 13.1 Å². The van der Waals surface area contributed by atoms with Crippen LogP contribution in [0.4, 0.5) is 4.39 Å². The fourth-order valence-corrected chi connectivity index (χ4v) is 4.43. The summed E-state index contributed by atoms with van der Waals surface area (Å²) >= 11 is 0. The third-order valence-corrected chi connectivity index (χ3v) is 6.29. The second-order valence-corrected chi connectivity index (χ2v) is 8.46. The molecule has 0 aliphatic carbocycles. The van der Waals surface area contributed by atoms with E-state index in [4.69, 9.17) is 5.73 Å². The standard InChI is InChI=1S/C18H23FN3O5S/c1-12(18(20)25)7-8-17(24)22(15-6-3-9-21-11-16(15)23)28(26,27)14-5-2-4-13(19)10-14/h2,4-5,8,10,12,15,21H,3,6-7,9,11H2,1H3,(H2,20,25)/t12?,15-/m0/s1. The van der Waals surface area contributed by atoms with Gasteiger partial charge in [0.25, 0.3) is 10.0 Å². The predicted octanol–water partition coefficient (Wildman–Crippen LogP) is 0.380. The van der Waals surface area contributed by atoms with Crippen molar-refractivity contribution in [1.82, 2.24) is 9.62 Å². The van der Waals surface area contributed by atoms with Crippen LogP contribution >= 0.6 is 0 Å². The molecule has 1 saturated heterocycles. The van der Waals surface area contributed by atoms with E-state index in [-0.39, 0.29) is 19.4 Å². The van der Waals surface area contributed by atoms with Crippen molar-refractivity contribution in [3.8, 4) is 0 Å². The first kappa shape index (κ1) is 22.0. The zero-order valence-corrected chi connectivity index (χ0v) is 16.2. The van der Waals surface area contributed by atoms with Crippen molar-refractivity contribution in [1.29, 1.82) is 0 Å². The van der Waals surface area contributed by atoms with Crippen LogP contribution in [0.15, 0.2) is 29.2 Å². The molecule has 153 valence electrons. The van der Waals surface area contributed by atoms with Crippen LogP contribution in [-0.4, -0.2) is 49.5 Å². The summed E-state index contributed by atoms with van der Waals surface area (Å²) in [6.45, 7) is 1.93. The van der Waals surface area contributed by atoms with Gasteiger partial charge in [0, 0.05) is 5.92 Å². The van der Waals surface area contributed by atoms with E-state index in [1.54, 1.807) is 0 Å². The van der Waals surface area contributed by atoms with E-state index in [9.17, 15) is 27.2 Å². The molecule has 1 aliphatic rings. The minimum Gasteiger partial charge on any atom is -0.369 e. The number of carbonyl (C=O) groups is 3. The predicted molar refractivity (Wildman–Crippen MR) is 98.6 cm³/mol. The largest absolute Gasteiger partial charge is 0.369 e. The van der Waals surface area contributed by atoms with E-state index in [0.29, 0.717) is 17.3 Å². The van der Waals surface area contributed by atoms with Gasteiger partial charge in [-0.25, -0.2) is 17.1 Å². The highest BCUT2D eigenvalue weighted by atomic mass is 32.2. The summed E-state index contributed by atoms with van der Waals surface area (Å²) in [5, 5.41) is 2.87. The average Bonchev–Trinajstić information content (AvgIpc) is 2.84. The lowest BCUT2D eigenvalue weighted by molar-refractivity contribution is -0.131. The number of amides is 2. The Bertz CT molecular complexity index is 859. The zero-order valence-electron chi connectivity index (χ0n) is 15.4. The minimum atomic E-state index is -4.49. The number of Topliss-reactive ketones (excluding diaryl/α,β-unsaturated/α-hetero) is 1. The minimum absolute atomic E-state index is 0.0786. The van der Waals surface area contributed by atoms with Crippen molar-refractivity contribution in [2.24, 2.45) is 11.7 Å². The number of halogens is 1. The van der Waals surface area contributed by atoms with Crippen LogP contribution in [-0.2, 0) is 24.4 Å². The van der Waals surface area contributed by atoms with Gasteiger partial charge in [0.2, 0.25) is 11.8 Å². The summed E-state index contributed by atoms with van der Waals surface area (Å²) < 4.78 is 40.3. The Morgan fingerprint density at radius 1 is 1.43 bits per heavy atom. The van der Waals surface area contributed by atoms with Crippen molar-refractivity contribution >= 4 is 27.6 Å². The first-order chi connectivity index (χ1) is 13.1. The molecule has 2 amide bonds. The first-order valence-electron chi connectivity index (χ1n) is 8.84. The second kappa shape index (κ2) is 9.24. The number of ketones is 1. The van der Waals surface area contributed by atoms with Gasteiger partial charge < -0.3 is 11.1 Å². The van der Waals surface area contributed by atoms with Crippen LogP contribution in [0.3, 0.4) is 0 Å². The van der Waals surface area contributed by atoms with E-state index in [1.807, 2.05) is 0 Å². The molecule has 1 aromatic carbocycles. The molecule has 1 radical (unpaired) electrons. The highest BCUT2D eigenvalue weighted by Gasteiger charge is 2.39. The molecule has 0 saturated carbocycles. The number of nitrogens with two attached hydrogens (primary N) is 1. The second-order valence-electron chi connectivity index (χ2n) is 6.64. The summed E-state index contributed by atoms with van der Waals surface area (Å²) in [5.74, 6) is -3.51. The number of nitrogens with zero attached hydrogens (tertiary/aromatic N) is 1. The van der Waals surface area contributed by atoms with Crippen LogP contribution < -0.4 is 11.1 Å². The van der Waals surface area contributed by atoms with Crippen LogP contribution in [0.1, 0.15) is 26.2 Å². The summed E-state index contributed by atoms with van der Waals surface area (Å²) in [6.07, 6.45) is 1.57. The topological polar surface area (TPSA) is 127 Å². The molecule has 0 spiro atoms. The van der Waals surface area contributed by atoms with Gasteiger partial charge in [-0.15, -0.1) is 0 Å². The van der Waals surface area contributed by atoms with Crippen LogP contribution in [0.2, 0.25) is 0 Å². The molecule has 0 aromatic heterocycles.